The van der Waals surface area contributed by atoms with E-state index >= 15 is 0 Å². The number of benzene rings is 3. The second-order valence-electron chi connectivity index (χ2n) is 7.83. The van der Waals surface area contributed by atoms with E-state index in [-0.39, 0.29) is 24.8 Å². The van der Waals surface area contributed by atoms with Gasteiger partial charge in [0.2, 0.25) is 5.91 Å². The molecule has 160 valence electrons. The van der Waals surface area contributed by atoms with Gasteiger partial charge in [-0.25, -0.2) is 0 Å². The molecule has 2 amide bonds. The van der Waals surface area contributed by atoms with E-state index in [0.29, 0.717) is 22.7 Å². The maximum absolute atomic E-state index is 12.8. The summed E-state index contributed by atoms with van der Waals surface area (Å²) in [6.45, 7) is 3.37. The van der Waals surface area contributed by atoms with Crippen molar-refractivity contribution in [3.8, 4) is 11.5 Å². The van der Waals surface area contributed by atoms with Gasteiger partial charge in [-0.05, 0) is 55.8 Å². The molecule has 0 unspecified atom stereocenters. The van der Waals surface area contributed by atoms with E-state index in [9.17, 15) is 14.7 Å². The van der Waals surface area contributed by atoms with Crippen LogP contribution in [0.3, 0.4) is 0 Å². The quantitative estimate of drug-likeness (QED) is 0.513. The highest BCUT2D eigenvalue weighted by atomic mass is 16.5. The fraction of sp³-hybridized carbons (Fsp3) is 0.200. The van der Waals surface area contributed by atoms with Crippen LogP contribution in [0.4, 0.5) is 5.69 Å². The summed E-state index contributed by atoms with van der Waals surface area (Å²) in [5.74, 6) is 0.644. The van der Waals surface area contributed by atoms with Gasteiger partial charge in [0.25, 0.3) is 5.91 Å². The molecule has 3 aromatic rings. The first-order valence-electron chi connectivity index (χ1n) is 10.0. The van der Waals surface area contributed by atoms with Gasteiger partial charge in [-0.15, -0.1) is 0 Å². The number of hydrogen-bond acceptors (Lipinski definition) is 4. The summed E-state index contributed by atoms with van der Waals surface area (Å²) in [6.07, 6.45) is 0.186. The molecule has 6 heteroatoms. The smallest absolute Gasteiger partial charge is 0.259 e. The SMILES string of the molecule is CC(C)(CO)NC(=O)Cc1ccc(NC(=O)c2ccccc2Oc2ccccc2)cc1. The van der Waals surface area contributed by atoms with Crippen LogP contribution in [-0.4, -0.2) is 29.1 Å². The van der Waals surface area contributed by atoms with Crippen LogP contribution >= 0.6 is 0 Å². The molecular formula is C25H26N2O4. The average Bonchev–Trinajstić information content (AvgIpc) is 2.76. The third-order valence-electron chi connectivity index (χ3n) is 4.55. The predicted octanol–water partition coefficient (Wildman–Crippen LogP) is 4.16. The van der Waals surface area contributed by atoms with E-state index in [1.165, 1.54) is 0 Å². The molecule has 0 saturated carbocycles. The molecular weight excluding hydrogens is 392 g/mol. The molecule has 3 N–H and O–H groups in total. The van der Waals surface area contributed by atoms with Crippen molar-refractivity contribution in [3.63, 3.8) is 0 Å². The second kappa shape index (κ2) is 9.91. The second-order valence-corrected chi connectivity index (χ2v) is 7.83. The Hall–Kier alpha value is -3.64. The summed E-state index contributed by atoms with van der Waals surface area (Å²) in [4.78, 5) is 24.9. The standard InChI is InChI=1S/C25H26N2O4/c1-25(2,17-28)27-23(29)16-18-12-14-19(15-13-18)26-24(30)21-10-6-7-11-22(21)31-20-8-4-3-5-9-20/h3-15,28H,16-17H2,1-2H3,(H,26,30)(H,27,29). The van der Waals surface area contributed by atoms with Gasteiger partial charge in [0.05, 0.1) is 24.1 Å². The van der Waals surface area contributed by atoms with Gasteiger partial charge in [-0.1, -0.05) is 42.5 Å². The van der Waals surface area contributed by atoms with Crippen molar-refractivity contribution >= 4 is 17.5 Å². The van der Waals surface area contributed by atoms with Crippen molar-refractivity contribution in [1.29, 1.82) is 0 Å². The maximum Gasteiger partial charge on any atom is 0.259 e. The molecule has 31 heavy (non-hydrogen) atoms. The first-order valence-corrected chi connectivity index (χ1v) is 10.0. The third kappa shape index (κ3) is 6.42. The molecule has 0 radical (unpaired) electrons. The number of anilines is 1. The van der Waals surface area contributed by atoms with Crippen LogP contribution in [0.1, 0.15) is 29.8 Å². The van der Waals surface area contributed by atoms with E-state index in [1.54, 1.807) is 56.3 Å². The van der Waals surface area contributed by atoms with Crippen LogP contribution < -0.4 is 15.4 Å². The number of carbonyl (C=O) groups excluding carboxylic acids is 2. The molecule has 0 aliphatic carbocycles. The number of rotatable bonds is 8. The zero-order chi connectivity index (χ0) is 22.3. The Balaban J connectivity index is 1.64. The third-order valence-corrected chi connectivity index (χ3v) is 4.55. The molecule has 3 aromatic carbocycles. The Bertz CT molecular complexity index is 1030. The minimum absolute atomic E-state index is 0.140. The van der Waals surface area contributed by atoms with E-state index in [4.69, 9.17) is 4.74 Å². The lowest BCUT2D eigenvalue weighted by Crippen LogP contribution is -2.46. The number of nitrogens with one attached hydrogen (secondary N) is 2. The summed E-state index contributed by atoms with van der Waals surface area (Å²) in [5, 5.41) is 14.9. The van der Waals surface area contributed by atoms with Crippen LogP contribution in [-0.2, 0) is 11.2 Å². The number of ether oxygens (including phenoxy) is 1. The first-order chi connectivity index (χ1) is 14.9. The van der Waals surface area contributed by atoms with E-state index in [1.807, 2.05) is 36.4 Å². The van der Waals surface area contributed by atoms with Crippen LogP contribution in [0.15, 0.2) is 78.9 Å². The molecule has 0 aliphatic heterocycles. The zero-order valence-corrected chi connectivity index (χ0v) is 17.6. The number of para-hydroxylation sites is 2. The van der Waals surface area contributed by atoms with Gasteiger partial charge in [0.1, 0.15) is 11.5 Å². The van der Waals surface area contributed by atoms with Gasteiger partial charge < -0.3 is 20.5 Å². The average molecular weight is 418 g/mol. The largest absolute Gasteiger partial charge is 0.457 e. The van der Waals surface area contributed by atoms with Crippen molar-refractivity contribution in [1.82, 2.24) is 5.32 Å². The molecule has 6 nitrogen and oxygen atoms in total. The lowest BCUT2D eigenvalue weighted by atomic mass is 10.1. The molecule has 0 saturated heterocycles. The summed E-state index contributed by atoms with van der Waals surface area (Å²) in [7, 11) is 0. The van der Waals surface area contributed by atoms with Gasteiger partial charge >= 0.3 is 0 Å². The Labute approximate surface area is 181 Å². The Morgan fingerprint density at radius 2 is 1.55 bits per heavy atom. The highest BCUT2D eigenvalue weighted by Gasteiger charge is 2.19. The van der Waals surface area contributed by atoms with Crippen LogP contribution in [0.5, 0.6) is 11.5 Å². The summed E-state index contributed by atoms with van der Waals surface area (Å²) in [5.41, 5.74) is 1.16. The Morgan fingerprint density at radius 1 is 0.903 bits per heavy atom. The summed E-state index contributed by atoms with van der Waals surface area (Å²) in [6, 6.07) is 23.4. The van der Waals surface area contributed by atoms with Gasteiger partial charge in [-0.3, -0.25) is 9.59 Å². The minimum atomic E-state index is -0.666. The fourth-order valence-corrected chi connectivity index (χ4v) is 2.91. The number of aliphatic hydroxyl groups excluding tert-OH is 1. The fourth-order valence-electron chi connectivity index (χ4n) is 2.91. The number of aliphatic hydroxyl groups is 1. The molecule has 0 fully saturated rings. The lowest BCUT2D eigenvalue weighted by Gasteiger charge is -2.23. The van der Waals surface area contributed by atoms with Crippen molar-refractivity contribution < 1.29 is 19.4 Å². The van der Waals surface area contributed by atoms with Crippen LogP contribution in [0, 0.1) is 0 Å². The van der Waals surface area contributed by atoms with Gasteiger partial charge in [-0.2, -0.15) is 0 Å². The predicted molar refractivity (Wildman–Crippen MR) is 120 cm³/mol. The molecule has 3 rings (SSSR count). The van der Waals surface area contributed by atoms with E-state index in [0.717, 1.165) is 5.56 Å². The zero-order valence-electron chi connectivity index (χ0n) is 17.6. The van der Waals surface area contributed by atoms with Crippen molar-refractivity contribution in [2.45, 2.75) is 25.8 Å². The molecule has 0 heterocycles. The first kappa shape index (κ1) is 22.1. The molecule has 0 bridgehead atoms. The van der Waals surface area contributed by atoms with Gasteiger partial charge in [0.15, 0.2) is 0 Å². The topological polar surface area (TPSA) is 87.7 Å². The number of amides is 2. The highest BCUT2D eigenvalue weighted by molar-refractivity contribution is 6.06. The van der Waals surface area contributed by atoms with E-state index in [2.05, 4.69) is 10.6 Å². The van der Waals surface area contributed by atoms with Gasteiger partial charge in [0, 0.05) is 5.69 Å². The monoisotopic (exact) mass is 418 g/mol. The Kier molecular flexibility index (Phi) is 7.05. The lowest BCUT2D eigenvalue weighted by molar-refractivity contribution is -0.122. The Morgan fingerprint density at radius 3 is 2.23 bits per heavy atom. The van der Waals surface area contributed by atoms with Crippen LogP contribution in [0.2, 0.25) is 0 Å². The number of carbonyl (C=O) groups is 2. The highest BCUT2D eigenvalue weighted by Crippen LogP contribution is 2.26. The molecule has 0 atom stereocenters. The number of hydrogen-bond donors (Lipinski definition) is 3. The minimum Gasteiger partial charge on any atom is -0.457 e. The van der Waals surface area contributed by atoms with Crippen molar-refractivity contribution in [2.75, 3.05) is 11.9 Å². The van der Waals surface area contributed by atoms with Crippen LogP contribution in [0.25, 0.3) is 0 Å². The maximum atomic E-state index is 12.8. The molecule has 0 spiro atoms. The molecule has 0 aromatic heterocycles. The van der Waals surface area contributed by atoms with Crippen molar-refractivity contribution in [3.05, 3.63) is 90.0 Å². The summed E-state index contributed by atoms with van der Waals surface area (Å²) < 4.78 is 5.86. The normalized spacial score (nSPS) is 10.9. The van der Waals surface area contributed by atoms with Crippen molar-refractivity contribution in [2.24, 2.45) is 0 Å². The summed E-state index contributed by atoms with van der Waals surface area (Å²) >= 11 is 0. The molecule has 0 aliphatic rings. The van der Waals surface area contributed by atoms with E-state index < -0.39 is 5.54 Å².